The summed E-state index contributed by atoms with van der Waals surface area (Å²) in [5, 5.41) is 0. The number of unbranched alkanes of at least 4 members (excludes halogenated alkanes) is 1. The Labute approximate surface area is 96.4 Å². The lowest BCUT2D eigenvalue weighted by atomic mass is 10.2. The second-order valence-corrected chi connectivity index (χ2v) is 4.58. The molecule has 1 aliphatic rings. The summed E-state index contributed by atoms with van der Waals surface area (Å²) < 4.78 is 5.33. The molecule has 2 unspecified atom stereocenters. The van der Waals surface area contributed by atoms with Crippen LogP contribution in [0, 0.1) is 5.92 Å². The van der Waals surface area contributed by atoms with Gasteiger partial charge in [0.2, 0.25) is 5.91 Å². The van der Waals surface area contributed by atoms with E-state index >= 15 is 0 Å². The van der Waals surface area contributed by atoms with Crippen LogP contribution >= 0.6 is 0 Å². The van der Waals surface area contributed by atoms with Gasteiger partial charge in [-0.25, -0.2) is 0 Å². The van der Waals surface area contributed by atoms with Gasteiger partial charge in [-0.05, 0) is 25.0 Å². The van der Waals surface area contributed by atoms with Crippen molar-refractivity contribution in [3.63, 3.8) is 0 Å². The topological polar surface area (TPSA) is 33.5 Å². The number of amides is 1. The lowest BCUT2D eigenvalue weighted by molar-refractivity contribution is -0.131. The van der Waals surface area contributed by atoms with E-state index in [0.717, 1.165) is 31.6 Å². The molecule has 2 atom stereocenters. The van der Waals surface area contributed by atoms with E-state index in [1.165, 1.54) is 0 Å². The van der Waals surface area contributed by atoms with Crippen molar-refractivity contribution in [1.29, 1.82) is 0 Å². The minimum Gasteiger partial charge on any atom is -0.469 e. The minimum absolute atomic E-state index is 0.160. The quantitative estimate of drug-likeness (QED) is 0.765. The molecule has 3 nitrogen and oxygen atoms in total. The van der Waals surface area contributed by atoms with Gasteiger partial charge in [0.25, 0.3) is 0 Å². The van der Waals surface area contributed by atoms with Crippen LogP contribution in [-0.2, 0) is 4.79 Å². The largest absolute Gasteiger partial charge is 0.469 e. The molecule has 0 aliphatic heterocycles. The third kappa shape index (κ3) is 2.29. The van der Waals surface area contributed by atoms with Gasteiger partial charge in [0.05, 0.1) is 6.26 Å². The fourth-order valence-corrected chi connectivity index (χ4v) is 2.07. The van der Waals surface area contributed by atoms with Gasteiger partial charge in [-0.1, -0.05) is 13.3 Å². The Morgan fingerprint density at radius 1 is 1.62 bits per heavy atom. The molecule has 1 aromatic heterocycles. The van der Waals surface area contributed by atoms with Crippen molar-refractivity contribution in [2.45, 2.75) is 32.1 Å². The van der Waals surface area contributed by atoms with Gasteiger partial charge < -0.3 is 9.32 Å². The molecule has 3 heteroatoms. The van der Waals surface area contributed by atoms with E-state index in [1.54, 1.807) is 6.26 Å². The zero-order chi connectivity index (χ0) is 11.5. The van der Waals surface area contributed by atoms with Crippen LogP contribution in [0.5, 0.6) is 0 Å². The number of rotatable bonds is 5. The SMILES string of the molecule is CCCCN(C)C(=O)C1CC1c1ccco1. The maximum absolute atomic E-state index is 12.0. The van der Waals surface area contributed by atoms with E-state index in [2.05, 4.69) is 6.92 Å². The highest BCUT2D eigenvalue weighted by Gasteiger charge is 2.46. The Kier molecular flexibility index (Phi) is 3.32. The second kappa shape index (κ2) is 4.73. The minimum atomic E-state index is 0.160. The molecule has 0 N–H and O–H groups in total. The van der Waals surface area contributed by atoms with E-state index in [4.69, 9.17) is 4.42 Å². The average molecular weight is 221 g/mol. The summed E-state index contributed by atoms with van der Waals surface area (Å²) >= 11 is 0. The van der Waals surface area contributed by atoms with Gasteiger partial charge in [0, 0.05) is 25.4 Å². The molecule has 1 fully saturated rings. The smallest absolute Gasteiger partial charge is 0.226 e. The fraction of sp³-hybridized carbons (Fsp3) is 0.615. The summed E-state index contributed by atoms with van der Waals surface area (Å²) in [6.45, 7) is 3.01. The Bertz CT molecular complexity index is 345. The van der Waals surface area contributed by atoms with E-state index in [-0.39, 0.29) is 11.8 Å². The van der Waals surface area contributed by atoms with Gasteiger partial charge in [-0.15, -0.1) is 0 Å². The number of hydrogen-bond acceptors (Lipinski definition) is 2. The normalized spacial score (nSPS) is 23.1. The first-order valence-corrected chi connectivity index (χ1v) is 6.02. The molecule has 0 aromatic carbocycles. The number of carbonyl (C=O) groups excluding carboxylic acids is 1. The predicted molar refractivity (Wildman–Crippen MR) is 62.1 cm³/mol. The van der Waals surface area contributed by atoms with Gasteiger partial charge >= 0.3 is 0 Å². The third-order valence-electron chi connectivity index (χ3n) is 3.24. The van der Waals surface area contributed by atoms with Gasteiger partial charge in [0.1, 0.15) is 5.76 Å². The van der Waals surface area contributed by atoms with Crippen LogP contribution in [0.15, 0.2) is 22.8 Å². The summed E-state index contributed by atoms with van der Waals surface area (Å²) in [6, 6.07) is 3.85. The molecule has 88 valence electrons. The summed E-state index contributed by atoms with van der Waals surface area (Å²) in [7, 11) is 1.90. The molecular weight excluding hydrogens is 202 g/mol. The van der Waals surface area contributed by atoms with Crippen LogP contribution in [-0.4, -0.2) is 24.4 Å². The molecule has 0 spiro atoms. The molecule has 1 aliphatic carbocycles. The van der Waals surface area contributed by atoms with Gasteiger partial charge in [0.15, 0.2) is 0 Å². The number of furan rings is 1. The monoisotopic (exact) mass is 221 g/mol. The molecule has 1 saturated carbocycles. The summed E-state index contributed by atoms with van der Waals surface area (Å²) in [4.78, 5) is 13.9. The van der Waals surface area contributed by atoms with Crippen molar-refractivity contribution in [2.24, 2.45) is 5.92 Å². The van der Waals surface area contributed by atoms with Crippen LogP contribution in [0.2, 0.25) is 0 Å². The zero-order valence-corrected chi connectivity index (χ0v) is 9.98. The lowest BCUT2D eigenvalue weighted by Crippen LogP contribution is -2.29. The van der Waals surface area contributed by atoms with Crippen LogP contribution < -0.4 is 0 Å². The Balaban J connectivity index is 1.84. The van der Waals surface area contributed by atoms with E-state index in [0.29, 0.717) is 5.92 Å². The number of carbonyl (C=O) groups is 1. The van der Waals surface area contributed by atoms with E-state index in [9.17, 15) is 4.79 Å². The highest BCUT2D eigenvalue weighted by molar-refractivity contribution is 5.82. The second-order valence-electron chi connectivity index (χ2n) is 4.58. The molecule has 1 heterocycles. The first kappa shape index (κ1) is 11.2. The third-order valence-corrected chi connectivity index (χ3v) is 3.24. The van der Waals surface area contributed by atoms with Crippen LogP contribution in [0.25, 0.3) is 0 Å². The van der Waals surface area contributed by atoms with Crippen LogP contribution in [0.1, 0.15) is 37.9 Å². The van der Waals surface area contributed by atoms with Crippen molar-refractivity contribution in [3.05, 3.63) is 24.2 Å². The average Bonchev–Trinajstić information content (AvgIpc) is 2.91. The molecule has 2 rings (SSSR count). The molecular formula is C13H19NO2. The van der Waals surface area contributed by atoms with Gasteiger partial charge in [-0.3, -0.25) is 4.79 Å². The maximum atomic E-state index is 12.0. The summed E-state index contributed by atoms with van der Waals surface area (Å²) in [6.07, 6.45) is 4.84. The van der Waals surface area contributed by atoms with Crippen molar-refractivity contribution in [2.75, 3.05) is 13.6 Å². The van der Waals surface area contributed by atoms with Crippen molar-refractivity contribution in [1.82, 2.24) is 4.90 Å². The zero-order valence-electron chi connectivity index (χ0n) is 9.98. The van der Waals surface area contributed by atoms with Crippen molar-refractivity contribution in [3.8, 4) is 0 Å². The number of hydrogen-bond donors (Lipinski definition) is 0. The first-order chi connectivity index (χ1) is 7.74. The standard InChI is InChI=1S/C13H19NO2/c1-3-4-7-14(2)13(15)11-9-10(11)12-6-5-8-16-12/h5-6,8,10-11H,3-4,7,9H2,1-2H3. The van der Waals surface area contributed by atoms with Crippen LogP contribution in [0.4, 0.5) is 0 Å². The summed E-state index contributed by atoms with van der Waals surface area (Å²) in [5.74, 6) is 1.72. The molecule has 1 amide bonds. The van der Waals surface area contributed by atoms with E-state index in [1.807, 2.05) is 24.1 Å². The van der Waals surface area contributed by atoms with E-state index < -0.39 is 0 Å². The van der Waals surface area contributed by atoms with Gasteiger partial charge in [-0.2, -0.15) is 0 Å². The maximum Gasteiger partial charge on any atom is 0.226 e. The predicted octanol–water partition coefficient (Wildman–Crippen LogP) is 2.64. The lowest BCUT2D eigenvalue weighted by Gasteiger charge is -2.16. The molecule has 16 heavy (non-hydrogen) atoms. The summed E-state index contributed by atoms with van der Waals surface area (Å²) in [5.41, 5.74) is 0. The molecule has 1 aromatic rings. The Hall–Kier alpha value is -1.25. The molecule has 0 bridgehead atoms. The fourth-order valence-electron chi connectivity index (χ4n) is 2.07. The van der Waals surface area contributed by atoms with Crippen molar-refractivity contribution >= 4 is 5.91 Å². The Morgan fingerprint density at radius 2 is 2.44 bits per heavy atom. The number of nitrogens with zero attached hydrogens (tertiary/aromatic N) is 1. The Morgan fingerprint density at radius 3 is 3.06 bits per heavy atom. The highest BCUT2D eigenvalue weighted by Crippen LogP contribution is 2.48. The highest BCUT2D eigenvalue weighted by atomic mass is 16.3. The first-order valence-electron chi connectivity index (χ1n) is 6.02. The molecule has 0 saturated heterocycles. The van der Waals surface area contributed by atoms with Crippen molar-refractivity contribution < 1.29 is 9.21 Å². The van der Waals surface area contributed by atoms with Crippen LogP contribution in [0.3, 0.4) is 0 Å². The molecule has 0 radical (unpaired) electrons.